The summed E-state index contributed by atoms with van der Waals surface area (Å²) >= 11 is 0. The van der Waals surface area contributed by atoms with Crippen LogP contribution in [0.5, 0.6) is 0 Å². The lowest BCUT2D eigenvalue weighted by atomic mass is 10.0. The number of aromatic nitrogens is 3. The number of benzene rings is 1. The molecule has 0 amide bonds. The maximum atomic E-state index is 14.3. The van der Waals surface area contributed by atoms with Gasteiger partial charge in [-0.3, -0.25) is 4.40 Å². The number of pyridine rings is 1. The summed E-state index contributed by atoms with van der Waals surface area (Å²) in [5.74, 6) is -6.36. The second kappa shape index (κ2) is 7.21. The zero-order valence-corrected chi connectivity index (χ0v) is 15.0. The summed E-state index contributed by atoms with van der Waals surface area (Å²) in [6.07, 6.45) is -5.59. The third-order valence-electron chi connectivity index (χ3n) is 4.12. The van der Waals surface area contributed by atoms with Gasteiger partial charge in [0.2, 0.25) is 0 Å². The van der Waals surface area contributed by atoms with Crippen molar-refractivity contribution >= 4 is 15.5 Å². The van der Waals surface area contributed by atoms with Crippen LogP contribution < -0.4 is 5.69 Å². The molecule has 1 N–H and O–H groups in total. The summed E-state index contributed by atoms with van der Waals surface area (Å²) in [6, 6.07) is 2.82. The van der Waals surface area contributed by atoms with Crippen LogP contribution in [0, 0.1) is 17.5 Å². The quantitative estimate of drug-likeness (QED) is 0.490. The standard InChI is InChI=1S/C16H11F6N3O3S/c17-9-1-2-10(18)13(19)12(9)14(29(27,28)6-4-16(20,21)22)8-3-5-25-11(7-8)23-24-15(25)26/h1-3,5,7,14H,4,6H2,(H,24,26). The maximum Gasteiger partial charge on any atom is 0.390 e. The number of rotatable bonds is 5. The van der Waals surface area contributed by atoms with E-state index in [1.807, 2.05) is 5.10 Å². The van der Waals surface area contributed by atoms with Crippen LogP contribution >= 0.6 is 0 Å². The summed E-state index contributed by atoms with van der Waals surface area (Å²) in [5, 5.41) is 3.33. The molecule has 29 heavy (non-hydrogen) atoms. The van der Waals surface area contributed by atoms with E-state index in [-0.39, 0.29) is 11.2 Å². The molecule has 0 aliphatic heterocycles. The third kappa shape index (κ3) is 4.13. The van der Waals surface area contributed by atoms with E-state index in [2.05, 4.69) is 5.10 Å². The van der Waals surface area contributed by atoms with E-state index in [1.54, 1.807) is 0 Å². The fourth-order valence-electron chi connectivity index (χ4n) is 2.80. The lowest BCUT2D eigenvalue weighted by Crippen LogP contribution is -2.24. The molecule has 0 radical (unpaired) electrons. The van der Waals surface area contributed by atoms with Crippen molar-refractivity contribution in [1.29, 1.82) is 0 Å². The Morgan fingerprint density at radius 1 is 1.10 bits per heavy atom. The SMILES string of the molecule is O=c1[nH]nc2cc(C(c3c(F)ccc(F)c3F)S(=O)(=O)CCC(F)(F)F)ccn12. The van der Waals surface area contributed by atoms with E-state index in [4.69, 9.17) is 0 Å². The molecule has 0 fully saturated rings. The first-order chi connectivity index (χ1) is 13.4. The summed E-state index contributed by atoms with van der Waals surface area (Å²) in [4.78, 5) is 11.5. The number of nitrogens with zero attached hydrogens (tertiary/aromatic N) is 2. The molecule has 0 saturated carbocycles. The Morgan fingerprint density at radius 3 is 2.41 bits per heavy atom. The van der Waals surface area contributed by atoms with Crippen molar-refractivity contribution in [1.82, 2.24) is 14.6 Å². The van der Waals surface area contributed by atoms with Crippen molar-refractivity contribution in [2.75, 3.05) is 5.75 Å². The predicted octanol–water partition coefficient (Wildman–Crippen LogP) is 2.90. The fraction of sp³-hybridized carbons (Fsp3) is 0.250. The average Bonchev–Trinajstić information content (AvgIpc) is 3.00. The third-order valence-corrected chi connectivity index (χ3v) is 6.12. The Balaban J connectivity index is 2.24. The number of sulfone groups is 1. The highest BCUT2D eigenvalue weighted by Gasteiger charge is 2.38. The molecule has 0 aliphatic carbocycles. The van der Waals surface area contributed by atoms with Crippen LogP contribution in [0.1, 0.15) is 22.8 Å². The first-order valence-corrected chi connectivity index (χ1v) is 9.60. The van der Waals surface area contributed by atoms with Crippen molar-refractivity contribution in [2.45, 2.75) is 17.8 Å². The highest BCUT2D eigenvalue weighted by Crippen LogP contribution is 2.36. The van der Waals surface area contributed by atoms with Gasteiger partial charge in [0.05, 0.1) is 12.2 Å². The van der Waals surface area contributed by atoms with E-state index in [0.717, 1.165) is 22.7 Å². The molecule has 2 aromatic heterocycles. The van der Waals surface area contributed by atoms with E-state index in [1.165, 1.54) is 0 Å². The molecule has 156 valence electrons. The maximum absolute atomic E-state index is 14.3. The number of hydrogen-bond donors (Lipinski definition) is 1. The van der Waals surface area contributed by atoms with E-state index in [0.29, 0.717) is 12.1 Å². The molecule has 1 unspecified atom stereocenters. The lowest BCUT2D eigenvalue weighted by Gasteiger charge is -2.20. The Kier molecular flexibility index (Phi) is 5.19. The van der Waals surface area contributed by atoms with Crippen molar-refractivity contribution < 1.29 is 34.8 Å². The number of nitrogens with one attached hydrogen (secondary N) is 1. The fourth-order valence-corrected chi connectivity index (χ4v) is 4.68. The summed E-state index contributed by atoms with van der Waals surface area (Å²) in [7, 11) is -4.88. The minimum Gasteiger partial charge on any atom is -0.250 e. The molecule has 0 saturated heterocycles. The van der Waals surface area contributed by atoms with Gasteiger partial charge in [0.1, 0.15) is 11.1 Å². The van der Waals surface area contributed by atoms with Crippen molar-refractivity contribution in [2.24, 2.45) is 0 Å². The Hall–Kier alpha value is -2.83. The number of halogens is 6. The van der Waals surface area contributed by atoms with Gasteiger partial charge in [-0.05, 0) is 29.8 Å². The number of hydrogen-bond acceptors (Lipinski definition) is 4. The summed E-state index contributed by atoms with van der Waals surface area (Å²) in [5.41, 5.74) is -2.50. The first kappa shape index (κ1) is 20.9. The van der Waals surface area contributed by atoms with Crippen LogP contribution in [0.3, 0.4) is 0 Å². The van der Waals surface area contributed by atoms with E-state index >= 15 is 0 Å². The molecule has 3 aromatic rings. The van der Waals surface area contributed by atoms with Crippen molar-refractivity contribution in [3.8, 4) is 0 Å². The van der Waals surface area contributed by atoms with Gasteiger partial charge in [-0.2, -0.15) is 18.3 Å². The number of alkyl halides is 3. The molecule has 1 aromatic carbocycles. The lowest BCUT2D eigenvalue weighted by molar-refractivity contribution is -0.129. The molecule has 0 aliphatic rings. The molecule has 6 nitrogen and oxygen atoms in total. The van der Waals surface area contributed by atoms with E-state index in [9.17, 15) is 39.6 Å². The molecule has 1 atom stereocenters. The normalized spacial score (nSPS) is 13.7. The van der Waals surface area contributed by atoms with Crippen LogP contribution in [0.25, 0.3) is 5.65 Å². The van der Waals surface area contributed by atoms with Gasteiger partial charge in [-0.25, -0.2) is 31.5 Å². The molecule has 0 bridgehead atoms. The Morgan fingerprint density at radius 2 is 1.76 bits per heavy atom. The molecule has 2 heterocycles. The molecule has 13 heteroatoms. The molecule has 0 spiro atoms. The van der Waals surface area contributed by atoms with Gasteiger partial charge >= 0.3 is 11.9 Å². The minimum atomic E-state index is -4.88. The topological polar surface area (TPSA) is 84.3 Å². The van der Waals surface area contributed by atoms with Crippen LogP contribution in [-0.2, 0) is 9.84 Å². The van der Waals surface area contributed by atoms with Gasteiger partial charge in [0, 0.05) is 11.8 Å². The van der Waals surface area contributed by atoms with E-state index < -0.39 is 62.1 Å². The van der Waals surface area contributed by atoms with Crippen molar-refractivity contribution in [3.05, 3.63) is 69.5 Å². The van der Waals surface area contributed by atoms with Gasteiger partial charge in [-0.1, -0.05) is 0 Å². The zero-order chi connectivity index (χ0) is 21.6. The Labute approximate surface area is 158 Å². The monoisotopic (exact) mass is 439 g/mol. The number of aromatic amines is 1. The van der Waals surface area contributed by atoms with Crippen LogP contribution in [0.15, 0.2) is 35.3 Å². The van der Waals surface area contributed by atoms with Gasteiger partial charge in [0.25, 0.3) is 0 Å². The second-order valence-corrected chi connectivity index (χ2v) is 8.29. The number of H-pyrrole nitrogens is 1. The minimum absolute atomic E-state index is 0.152. The second-order valence-electron chi connectivity index (χ2n) is 6.09. The molecule has 3 rings (SSSR count). The van der Waals surface area contributed by atoms with Gasteiger partial charge < -0.3 is 0 Å². The van der Waals surface area contributed by atoms with Gasteiger partial charge in [0.15, 0.2) is 27.1 Å². The summed E-state index contributed by atoms with van der Waals surface area (Å²) < 4.78 is 106. The largest absolute Gasteiger partial charge is 0.390 e. The van der Waals surface area contributed by atoms with Crippen LogP contribution in [-0.4, -0.2) is 34.9 Å². The summed E-state index contributed by atoms with van der Waals surface area (Å²) in [6.45, 7) is 0. The van der Waals surface area contributed by atoms with Gasteiger partial charge in [-0.15, -0.1) is 0 Å². The number of fused-ring (bicyclic) bond motifs is 1. The Bertz CT molecular complexity index is 1230. The zero-order valence-electron chi connectivity index (χ0n) is 14.2. The van der Waals surface area contributed by atoms with Crippen LogP contribution in [0.4, 0.5) is 26.3 Å². The molecular weight excluding hydrogens is 428 g/mol. The highest BCUT2D eigenvalue weighted by molar-refractivity contribution is 7.91. The highest BCUT2D eigenvalue weighted by atomic mass is 32.2. The predicted molar refractivity (Wildman–Crippen MR) is 88.4 cm³/mol. The first-order valence-electron chi connectivity index (χ1n) is 7.89. The van der Waals surface area contributed by atoms with Crippen LogP contribution in [0.2, 0.25) is 0 Å². The van der Waals surface area contributed by atoms with Crippen molar-refractivity contribution in [3.63, 3.8) is 0 Å². The smallest absolute Gasteiger partial charge is 0.250 e. The average molecular weight is 439 g/mol. The molecular formula is C16H11F6N3O3S.